The number of nitrogens with zero attached hydrogens (tertiary/aromatic N) is 3. The van der Waals surface area contributed by atoms with E-state index in [-0.39, 0.29) is 18.6 Å². The maximum absolute atomic E-state index is 12.6. The van der Waals surface area contributed by atoms with Gasteiger partial charge in [-0.25, -0.2) is 0 Å². The SMILES string of the molecule is CN1CCC(N2CCC(NC(=O)c3ccc(COc4ccc(C#N)cc4)o3)CC2)CC1. The first kappa shape index (κ1) is 21.4. The van der Waals surface area contributed by atoms with Crippen molar-refractivity contribution in [2.24, 2.45) is 0 Å². The minimum atomic E-state index is -0.164. The van der Waals surface area contributed by atoms with Crippen molar-refractivity contribution >= 4 is 5.91 Å². The van der Waals surface area contributed by atoms with Gasteiger partial charge in [-0.1, -0.05) is 0 Å². The maximum atomic E-state index is 12.6. The summed E-state index contributed by atoms with van der Waals surface area (Å²) >= 11 is 0. The van der Waals surface area contributed by atoms with Crippen LogP contribution in [0.2, 0.25) is 0 Å². The summed E-state index contributed by atoms with van der Waals surface area (Å²) in [6.07, 6.45) is 4.45. The van der Waals surface area contributed by atoms with E-state index in [1.54, 1.807) is 36.4 Å². The van der Waals surface area contributed by atoms with Gasteiger partial charge in [0.2, 0.25) is 0 Å². The summed E-state index contributed by atoms with van der Waals surface area (Å²) in [7, 11) is 2.19. The molecular weight excluding hydrogens is 392 g/mol. The number of nitriles is 1. The molecule has 1 aromatic heterocycles. The second kappa shape index (κ2) is 9.99. The number of ether oxygens (including phenoxy) is 1. The predicted molar refractivity (Wildman–Crippen MR) is 117 cm³/mol. The Morgan fingerprint density at radius 3 is 2.48 bits per heavy atom. The zero-order valence-electron chi connectivity index (χ0n) is 18.0. The smallest absolute Gasteiger partial charge is 0.287 e. The first-order valence-electron chi connectivity index (χ1n) is 11.1. The maximum Gasteiger partial charge on any atom is 0.287 e. The van der Waals surface area contributed by atoms with Crippen molar-refractivity contribution in [1.82, 2.24) is 15.1 Å². The van der Waals surface area contributed by atoms with E-state index < -0.39 is 0 Å². The van der Waals surface area contributed by atoms with Crippen molar-refractivity contribution in [2.75, 3.05) is 33.2 Å². The molecule has 2 saturated heterocycles. The van der Waals surface area contributed by atoms with Gasteiger partial charge in [0.15, 0.2) is 5.76 Å². The second-order valence-corrected chi connectivity index (χ2v) is 8.51. The molecule has 2 aliphatic rings. The number of furan rings is 1. The summed E-state index contributed by atoms with van der Waals surface area (Å²) in [5, 5.41) is 12.0. The molecule has 2 fully saturated rings. The highest BCUT2D eigenvalue weighted by Gasteiger charge is 2.28. The number of hydrogen-bond acceptors (Lipinski definition) is 6. The van der Waals surface area contributed by atoms with E-state index in [0.29, 0.717) is 28.9 Å². The second-order valence-electron chi connectivity index (χ2n) is 8.51. The van der Waals surface area contributed by atoms with Gasteiger partial charge in [0.1, 0.15) is 18.1 Å². The van der Waals surface area contributed by atoms with Crippen LogP contribution in [-0.2, 0) is 6.61 Å². The predicted octanol–water partition coefficient (Wildman–Crippen LogP) is 3.02. The average molecular weight is 423 g/mol. The number of amides is 1. The van der Waals surface area contributed by atoms with E-state index in [2.05, 4.69) is 28.2 Å². The summed E-state index contributed by atoms with van der Waals surface area (Å²) in [6.45, 7) is 4.67. The third kappa shape index (κ3) is 5.66. The van der Waals surface area contributed by atoms with Crippen LogP contribution in [0.5, 0.6) is 5.75 Å². The van der Waals surface area contributed by atoms with Gasteiger partial charge >= 0.3 is 0 Å². The highest BCUT2D eigenvalue weighted by molar-refractivity contribution is 5.91. The van der Waals surface area contributed by atoms with Crippen LogP contribution in [0.4, 0.5) is 0 Å². The molecule has 0 saturated carbocycles. The minimum absolute atomic E-state index is 0.164. The normalized spacial score (nSPS) is 19.1. The van der Waals surface area contributed by atoms with Crippen molar-refractivity contribution in [1.29, 1.82) is 5.26 Å². The van der Waals surface area contributed by atoms with E-state index in [4.69, 9.17) is 14.4 Å². The number of carbonyl (C=O) groups is 1. The quantitative estimate of drug-likeness (QED) is 0.771. The number of piperidine rings is 2. The third-order valence-corrected chi connectivity index (χ3v) is 6.32. The van der Waals surface area contributed by atoms with Crippen molar-refractivity contribution in [3.8, 4) is 11.8 Å². The first-order chi connectivity index (χ1) is 15.1. The Morgan fingerprint density at radius 2 is 1.81 bits per heavy atom. The topological polar surface area (TPSA) is 81.7 Å². The average Bonchev–Trinajstić information content (AvgIpc) is 3.28. The van der Waals surface area contributed by atoms with Crippen LogP contribution in [0.25, 0.3) is 0 Å². The molecule has 1 amide bonds. The zero-order valence-corrected chi connectivity index (χ0v) is 18.0. The molecule has 2 aromatic rings. The Balaban J connectivity index is 1.21. The van der Waals surface area contributed by atoms with Gasteiger partial charge in [-0.3, -0.25) is 4.79 Å². The Kier molecular flexibility index (Phi) is 6.90. The van der Waals surface area contributed by atoms with Crippen LogP contribution in [0, 0.1) is 11.3 Å². The molecule has 1 aromatic carbocycles. The zero-order chi connectivity index (χ0) is 21.6. The lowest BCUT2D eigenvalue weighted by Crippen LogP contribution is -2.50. The Labute approximate surface area is 183 Å². The van der Waals surface area contributed by atoms with Gasteiger partial charge in [-0.05, 0) is 82.2 Å². The summed E-state index contributed by atoms with van der Waals surface area (Å²) < 4.78 is 11.3. The molecule has 3 heterocycles. The monoisotopic (exact) mass is 422 g/mol. The fraction of sp³-hybridized carbons (Fsp3) is 0.500. The van der Waals surface area contributed by atoms with Crippen molar-refractivity contribution in [2.45, 2.75) is 44.4 Å². The molecule has 0 spiro atoms. The minimum Gasteiger partial charge on any atom is -0.486 e. The molecule has 7 nitrogen and oxygen atoms in total. The number of carbonyl (C=O) groups excluding carboxylic acids is 1. The Morgan fingerprint density at radius 1 is 1.10 bits per heavy atom. The lowest BCUT2D eigenvalue weighted by atomic mass is 9.98. The van der Waals surface area contributed by atoms with Crippen LogP contribution in [0.3, 0.4) is 0 Å². The first-order valence-corrected chi connectivity index (χ1v) is 11.1. The van der Waals surface area contributed by atoms with Gasteiger partial charge in [0.05, 0.1) is 11.6 Å². The van der Waals surface area contributed by atoms with E-state index in [1.165, 1.54) is 25.9 Å². The van der Waals surface area contributed by atoms with Crippen molar-refractivity contribution < 1.29 is 13.9 Å². The highest BCUT2D eigenvalue weighted by Crippen LogP contribution is 2.21. The van der Waals surface area contributed by atoms with Gasteiger partial charge < -0.3 is 24.3 Å². The molecule has 0 radical (unpaired) electrons. The van der Waals surface area contributed by atoms with Crippen LogP contribution < -0.4 is 10.1 Å². The third-order valence-electron chi connectivity index (χ3n) is 6.32. The fourth-order valence-electron chi connectivity index (χ4n) is 4.38. The van der Waals surface area contributed by atoms with Crippen LogP contribution >= 0.6 is 0 Å². The molecule has 0 unspecified atom stereocenters. The van der Waals surface area contributed by atoms with Crippen LogP contribution in [0.1, 0.15) is 47.6 Å². The molecule has 31 heavy (non-hydrogen) atoms. The molecule has 164 valence electrons. The summed E-state index contributed by atoms with van der Waals surface area (Å²) in [5.41, 5.74) is 0.585. The summed E-state index contributed by atoms with van der Waals surface area (Å²) in [4.78, 5) is 17.6. The highest BCUT2D eigenvalue weighted by atomic mass is 16.5. The largest absolute Gasteiger partial charge is 0.486 e. The molecule has 0 bridgehead atoms. The van der Waals surface area contributed by atoms with E-state index in [0.717, 1.165) is 25.9 Å². The lowest BCUT2D eigenvalue weighted by molar-refractivity contribution is 0.0787. The number of nitrogens with one attached hydrogen (secondary N) is 1. The molecule has 0 aliphatic carbocycles. The number of hydrogen-bond donors (Lipinski definition) is 1. The summed E-state index contributed by atoms with van der Waals surface area (Å²) in [5.74, 6) is 1.39. The lowest BCUT2D eigenvalue weighted by Gasteiger charge is -2.41. The van der Waals surface area contributed by atoms with E-state index >= 15 is 0 Å². The van der Waals surface area contributed by atoms with Crippen molar-refractivity contribution in [3.63, 3.8) is 0 Å². The van der Waals surface area contributed by atoms with E-state index in [1.807, 2.05) is 0 Å². The molecule has 0 atom stereocenters. The number of likely N-dealkylation sites (tertiary alicyclic amines) is 2. The number of rotatable bonds is 6. The molecule has 7 heteroatoms. The van der Waals surface area contributed by atoms with Crippen LogP contribution in [0.15, 0.2) is 40.8 Å². The Bertz CT molecular complexity index is 902. The Hall–Kier alpha value is -2.82. The van der Waals surface area contributed by atoms with Gasteiger partial charge in [-0.2, -0.15) is 5.26 Å². The molecule has 2 aliphatic heterocycles. The van der Waals surface area contributed by atoms with Gasteiger partial charge in [-0.15, -0.1) is 0 Å². The van der Waals surface area contributed by atoms with E-state index in [9.17, 15) is 4.79 Å². The number of benzene rings is 1. The summed E-state index contributed by atoms with van der Waals surface area (Å²) in [6, 6.07) is 13.3. The van der Waals surface area contributed by atoms with Crippen LogP contribution in [-0.4, -0.2) is 61.0 Å². The van der Waals surface area contributed by atoms with Gasteiger partial charge in [0, 0.05) is 25.2 Å². The van der Waals surface area contributed by atoms with Gasteiger partial charge in [0.25, 0.3) is 5.91 Å². The van der Waals surface area contributed by atoms with Crippen molar-refractivity contribution in [3.05, 3.63) is 53.5 Å². The fourth-order valence-corrected chi connectivity index (χ4v) is 4.38. The standard InChI is InChI=1S/C24H30N4O3/c1-27-12-10-20(11-13-27)28-14-8-19(9-15-28)26-24(29)23-7-6-22(31-23)17-30-21-4-2-18(16-25)3-5-21/h2-7,19-20H,8-15,17H2,1H3,(H,26,29). The molecule has 1 N–H and O–H groups in total. The molecular formula is C24H30N4O3. The molecule has 4 rings (SSSR count).